The molecule has 1 unspecified atom stereocenters. The zero-order chi connectivity index (χ0) is 14.9. The van der Waals surface area contributed by atoms with Gasteiger partial charge in [-0.05, 0) is 56.7 Å². The van der Waals surface area contributed by atoms with Crippen LogP contribution in [0.25, 0.3) is 5.69 Å². The topological polar surface area (TPSA) is 39.1 Å². The summed E-state index contributed by atoms with van der Waals surface area (Å²) in [6.45, 7) is 4.01. The minimum absolute atomic E-state index is 0.180. The van der Waals surface area contributed by atoms with E-state index in [0.717, 1.165) is 43.8 Å². The Morgan fingerprint density at radius 3 is 3.05 bits per heavy atom. The standard InChI is InChI=1S/C18H23N3O/c1-13-6-4-7-14(12-13)21-18-15(8-2-3-10-19-18)17(20-21)16-9-5-11-22-16/h4,6-7,12,16,19H,2-3,5,8-11H2,1H3. The van der Waals surface area contributed by atoms with Crippen LogP contribution in [0.4, 0.5) is 5.82 Å². The van der Waals surface area contributed by atoms with E-state index in [-0.39, 0.29) is 6.10 Å². The van der Waals surface area contributed by atoms with Crippen LogP contribution < -0.4 is 5.32 Å². The van der Waals surface area contributed by atoms with E-state index in [1.165, 1.54) is 29.8 Å². The van der Waals surface area contributed by atoms with Crippen molar-refractivity contribution in [2.24, 2.45) is 0 Å². The number of hydrogen-bond donors (Lipinski definition) is 1. The molecule has 3 heterocycles. The highest BCUT2D eigenvalue weighted by atomic mass is 16.5. The van der Waals surface area contributed by atoms with E-state index < -0.39 is 0 Å². The molecular weight excluding hydrogens is 274 g/mol. The molecule has 0 saturated carbocycles. The largest absolute Gasteiger partial charge is 0.372 e. The fourth-order valence-corrected chi connectivity index (χ4v) is 3.53. The number of hydrogen-bond acceptors (Lipinski definition) is 3. The van der Waals surface area contributed by atoms with Gasteiger partial charge in [-0.1, -0.05) is 12.1 Å². The molecule has 1 saturated heterocycles. The maximum Gasteiger partial charge on any atom is 0.133 e. The molecule has 1 aromatic heterocycles. The van der Waals surface area contributed by atoms with Crippen molar-refractivity contribution in [3.8, 4) is 5.69 Å². The monoisotopic (exact) mass is 297 g/mol. The van der Waals surface area contributed by atoms with Crippen LogP contribution in [0.3, 0.4) is 0 Å². The molecule has 0 aliphatic carbocycles. The summed E-state index contributed by atoms with van der Waals surface area (Å²) in [4.78, 5) is 0. The SMILES string of the molecule is Cc1cccc(-n2nc(C3CCCO3)c3c2NCCCC3)c1. The lowest BCUT2D eigenvalue weighted by Crippen LogP contribution is -2.07. The van der Waals surface area contributed by atoms with Crippen molar-refractivity contribution in [2.75, 3.05) is 18.5 Å². The fourth-order valence-electron chi connectivity index (χ4n) is 3.53. The minimum atomic E-state index is 0.180. The molecule has 4 nitrogen and oxygen atoms in total. The Morgan fingerprint density at radius 1 is 1.27 bits per heavy atom. The molecule has 116 valence electrons. The predicted octanol–water partition coefficient (Wildman–Crippen LogP) is 3.78. The van der Waals surface area contributed by atoms with Crippen LogP contribution >= 0.6 is 0 Å². The number of aromatic nitrogens is 2. The van der Waals surface area contributed by atoms with Gasteiger partial charge in [-0.2, -0.15) is 5.10 Å². The second-order valence-corrected chi connectivity index (χ2v) is 6.35. The third-order valence-electron chi connectivity index (χ3n) is 4.64. The Labute approximate surface area is 131 Å². The van der Waals surface area contributed by atoms with Gasteiger partial charge < -0.3 is 10.1 Å². The first-order chi connectivity index (χ1) is 10.8. The molecule has 1 N–H and O–H groups in total. The number of rotatable bonds is 2. The average molecular weight is 297 g/mol. The van der Waals surface area contributed by atoms with Crippen LogP contribution in [0.15, 0.2) is 24.3 Å². The molecule has 0 bridgehead atoms. The van der Waals surface area contributed by atoms with E-state index in [2.05, 4.69) is 41.2 Å². The summed E-state index contributed by atoms with van der Waals surface area (Å²) < 4.78 is 8.00. The van der Waals surface area contributed by atoms with E-state index in [1.54, 1.807) is 0 Å². The van der Waals surface area contributed by atoms with Crippen LogP contribution in [-0.2, 0) is 11.2 Å². The summed E-state index contributed by atoms with van der Waals surface area (Å²) in [5.41, 5.74) is 4.92. The Morgan fingerprint density at radius 2 is 2.23 bits per heavy atom. The van der Waals surface area contributed by atoms with Gasteiger partial charge in [-0.25, -0.2) is 4.68 Å². The number of nitrogens with one attached hydrogen (secondary N) is 1. The lowest BCUT2D eigenvalue weighted by atomic mass is 10.0. The molecule has 4 rings (SSSR count). The molecule has 22 heavy (non-hydrogen) atoms. The Bertz CT molecular complexity index is 671. The number of ether oxygens (including phenoxy) is 1. The molecule has 2 aliphatic heterocycles. The van der Waals surface area contributed by atoms with Gasteiger partial charge in [-0.15, -0.1) is 0 Å². The van der Waals surface area contributed by atoms with Crippen molar-refractivity contribution in [2.45, 2.75) is 45.1 Å². The van der Waals surface area contributed by atoms with Crippen LogP contribution in [0.2, 0.25) is 0 Å². The van der Waals surface area contributed by atoms with Gasteiger partial charge in [0.25, 0.3) is 0 Å². The molecule has 0 spiro atoms. The maximum atomic E-state index is 5.92. The minimum Gasteiger partial charge on any atom is -0.372 e. The lowest BCUT2D eigenvalue weighted by Gasteiger charge is -2.09. The van der Waals surface area contributed by atoms with Crippen molar-refractivity contribution in [3.05, 3.63) is 41.1 Å². The van der Waals surface area contributed by atoms with Gasteiger partial charge in [0.2, 0.25) is 0 Å². The molecule has 0 radical (unpaired) electrons. The lowest BCUT2D eigenvalue weighted by molar-refractivity contribution is 0.107. The first-order valence-corrected chi connectivity index (χ1v) is 8.37. The zero-order valence-electron chi connectivity index (χ0n) is 13.1. The van der Waals surface area contributed by atoms with Crippen molar-refractivity contribution in [1.29, 1.82) is 0 Å². The number of anilines is 1. The normalized spacial score (nSPS) is 21.2. The van der Waals surface area contributed by atoms with Crippen molar-refractivity contribution in [3.63, 3.8) is 0 Å². The summed E-state index contributed by atoms with van der Waals surface area (Å²) in [6, 6.07) is 8.55. The average Bonchev–Trinajstić information content (AvgIpc) is 3.09. The number of aryl methyl sites for hydroxylation is 1. The van der Waals surface area contributed by atoms with Gasteiger partial charge in [0.1, 0.15) is 11.9 Å². The molecule has 1 atom stereocenters. The summed E-state index contributed by atoms with van der Waals surface area (Å²) in [5.74, 6) is 1.17. The summed E-state index contributed by atoms with van der Waals surface area (Å²) in [7, 11) is 0. The molecule has 4 heteroatoms. The highest BCUT2D eigenvalue weighted by Gasteiger charge is 2.28. The molecule has 2 aliphatic rings. The number of nitrogens with zero attached hydrogens (tertiary/aromatic N) is 2. The Kier molecular flexibility index (Phi) is 3.62. The Balaban J connectivity index is 1.83. The van der Waals surface area contributed by atoms with Gasteiger partial charge in [0.05, 0.1) is 11.4 Å². The van der Waals surface area contributed by atoms with Gasteiger partial charge in [0, 0.05) is 18.7 Å². The Hall–Kier alpha value is -1.81. The molecule has 0 amide bonds. The zero-order valence-corrected chi connectivity index (χ0v) is 13.1. The first-order valence-electron chi connectivity index (χ1n) is 8.37. The van der Waals surface area contributed by atoms with E-state index in [1.807, 2.05) is 0 Å². The molecular formula is C18H23N3O. The third kappa shape index (κ3) is 2.41. The summed E-state index contributed by atoms with van der Waals surface area (Å²) in [5, 5.41) is 8.56. The van der Waals surface area contributed by atoms with E-state index in [4.69, 9.17) is 9.84 Å². The van der Waals surface area contributed by atoms with E-state index >= 15 is 0 Å². The van der Waals surface area contributed by atoms with E-state index in [9.17, 15) is 0 Å². The van der Waals surface area contributed by atoms with Gasteiger partial charge in [0.15, 0.2) is 0 Å². The molecule has 1 aromatic carbocycles. The quantitative estimate of drug-likeness (QED) is 0.917. The molecule has 2 aromatic rings. The van der Waals surface area contributed by atoms with Crippen LogP contribution in [0, 0.1) is 6.92 Å². The smallest absolute Gasteiger partial charge is 0.133 e. The van der Waals surface area contributed by atoms with Crippen molar-refractivity contribution in [1.82, 2.24) is 9.78 Å². The van der Waals surface area contributed by atoms with Crippen molar-refractivity contribution >= 4 is 5.82 Å². The highest BCUT2D eigenvalue weighted by Crippen LogP contribution is 2.36. The van der Waals surface area contributed by atoms with Crippen molar-refractivity contribution < 1.29 is 4.74 Å². The second kappa shape index (κ2) is 5.76. The van der Waals surface area contributed by atoms with Gasteiger partial charge >= 0.3 is 0 Å². The highest BCUT2D eigenvalue weighted by molar-refractivity contribution is 5.55. The van der Waals surface area contributed by atoms with Crippen LogP contribution in [0.1, 0.15) is 48.6 Å². The fraction of sp³-hybridized carbons (Fsp3) is 0.500. The van der Waals surface area contributed by atoms with Gasteiger partial charge in [-0.3, -0.25) is 0 Å². The van der Waals surface area contributed by atoms with Crippen LogP contribution in [-0.4, -0.2) is 22.9 Å². The first kappa shape index (κ1) is 13.8. The second-order valence-electron chi connectivity index (χ2n) is 6.35. The summed E-state index contributed by atoms with van der Waals surface area (Å²) in [6.07, 6.45) is 5.96. The maximum absolute atomic E-state index is 5.92. The number of benzene rings is 1. The molecule has 1 fully saturated rings. The number of fused-ring (bicyclic) bond motifs is 1. The predicted molar refractivity (Wildman–Crippen MR) is 87.7 cm³/mol. The van der Waals surface area contributed by atoms with Crippen LogP contribution in [0.5, 0.6) is 0 Å². The van der Waals surface area contributed by atoms with E-state index in [0.29, 0.717) is 0 Å². The third-order valence-corrected chi connectivity index (χ3v) is 4.64. The summed E-state index contributed by atoms with van der Waals surface area (Å²) >= 11 is 0.